The number of rotatable bonds is 1. The molecule has 0 aromatic carbocycles. The molecule has 0 nitrogen and oxygen atoms in total. The first-order chi connectivity index (χ1) is 8.16. The molecule has 1 fully saturated rings. The Balaban J connectivity index is 0.000000686. The third-order valence-electron chi connectivity index (χ3n) is 4.83. The third kappa shape index (κ3) is 4.16. The van der Waals surface area contributed by atoms with E-state index in [9.17, 15) is 0 Å². The van der Waals surface area contributed by atoms with Crippen LogP contribution in [0.3, 0.4) is 0 Å². The van der Waals surface area contributed by atoms with E-state index in [-0.39, 0.29) is 0 Å². The van der Waals surface area contributed by atoms with Gasteiger partial charge in [-0.25, -0.2) is 0 Å². The smallest absolute Gasteiger partial charge is 0.0201 e. The highest BCUT2D eigenvalue weighted by atomic mass is 14.3. The molecule has 4 unspecified atom stereocenters. The van der Waals surface area contributed by atoms with Crippen LogP contribution in [0, 0.1) is 23.7 Å². The van der Waals surface area contributed by atoms with Crippen LogP contribution in [0.5, 0.6) is 0 Å². The van der Waals surface area contributed by atoms with E-state index in [2.05, 4.69) is 26.8 Å². The first-order valence-electron chi connectivity index (χ1n) is 7.85. The molecule has 0 aromatic heterocycles. The zero-order chi connectivity index (χ0) is 12.8. The second-order valence-corrected chi connectivity index (χ2v) is 6.12. The normalized spacial score (nSPS) is 37.8. The molecule has 0 radical (unpaired) electrons. The number of hydrogen-bond acceptors (Lipinski definition) is 0. The lowest BCUT2D eigenvalue weighted by Crippen LogP contribution is -2.23. The molecule has 0 saturated heterocycles. The summed E-state index contributed by atoms with van der Waals surface area (Å²) in [6.07, 6.45) is 11.1. The van der Waals surface area contributed by atoms with Crippen molar-refractivity contribution in [2.45, 2.75) is 73.1 Å². The average molecular weight is 236 g/mol. The number of allylic oxidation sites excluding steroid dienone is 2. The van der Waals surface area contributed by atoms with Crippen molar-refractivity contribution in [3.05, 3.63) is 11.6 Å². The van der Waals surface area contributed by atoms with E-state index in [4.69, 9.17) is 0 Å². The Morgan fingerprint density at radius 1 is 0.941 bits per heavy atom. The highest BCUT2D eigenvalue weighted by Crippen LogP contribution is 2.40. The van der Waals surface area contributed by atoms with Crippen molar-refractivity contribution < 1.29 is 0 Å². The minimum Gasteiger partial charge on any atom is -0.0848 e. The van der Waals surface area contributed by atoms with Crippen LogP contribution >= 0.6 is 0 Å². The van der Waals surface area contributed by atoms with E-state index >= 15 is 0 Å². The predicted octanol–water partition coefficient (Wildman–Crippen LogP) is 5.83. The Bertz CT molecular complexity index is 238. The number of hydrogen-bond donors (Lipinski definition) is 0. The first kappa shape index (κ1) is 14.8. The zero-order valence-electron chi connectivity index (χ0n) is 12.6. The van der Waals surface area contributed by atoms with Gasteiger partial charge < -0.3 is 0 Å². The fourth-order valence-corrected chi connectivity index (χ4v) is 3.24. The Labute approximate surface area is 109 Å². The quantitative estimate of drug-likeness (QED) is 0.502. The molecule has 4 atom stereocenters. The van der Waals surface area contributed by atoms with Crippen LogP contribution in [-0.4, -0.2) is 0 Å². The lowest BCUT2D eigenvalue weighted by Gasteiger charge is -2.35. The minimum absolute atomic E-state index is 0.939. The van der Waals surface area contributed by atoms with Gasteiger partial charge in [-0.3, -0.25) is 0 Å². The molecule has 2 aliphatic rings. The van der Waals surface area contributed by atoms with Gasteiger partial charge in [0.25, 0.3) is 0 Å². The van der Waals surface area contributed by atoms with Crippen molar-refractivity contribution in [2.24, 2.45) is 23.7 Å². The summed E-state index contributed by atoms with van der Waals surface area (Å²) in [6, 6.07) is 0. The van der Waals surface area contributed by atoms with Crippen LogP contribution in [0.4, 0.5) is 0 Å². The van der Waals surface area contributed by atoms with Gasteiger partial charge >= 0.3 is 0 Å². The van der Waals surface area contributed by atoms with Crippen LogP contribution in [0.2, 0.25) is 0 Å². The highest BCUT2D eigenvalue weighted by molar-refractivity contribution is 5.11. The second-order valence-electron chi connectivity index (χ2n) is 6.12. The molecular weight excluding hydrogens is 204 g/mol. The van der Waals surface area contributed by atoms with Gasteiger partial charge in [0.15, 0.2) is 0 Å². The standard InChI is InChI=1S/C15H26.C2H6/c1-11-4-7-14(8-5-11)15-9-6-12(2)13(3)10-15;1-2/h7,11-13,15H,4-6,8-10H2,1-3H3;1-2H3. The molecule has 17 heavy (non-hydrogen) atoms. The summed E-state index contributed by atoms with van der Waals surface area (Å²) < 4.78 is 0. The van der Waals surface area contributed by atoms with Crippen molar-refractivity contribution in [1.29, 1.82) is 0 Å². The monoisotopic (exact) mass is 236 g/mol. The molecule has 0 bridgehead atoms. The van der Waals surface area contributed by atoms with Gasteiger partial charge in [-0.15, -0.1) is 0 Å². The molecule has 0 N–H and O–H groups in total. The molecule has 1 saturated carbocycles. The lowest BCUT2D eigenvalue weighted by atomic mass is 9.71. The topological polar surface area (TPSA) is 0 Å². The van der Waals surface area contributed by atoms with Crippen LogP contribution in [0.1, 0.15) is 73.1 Å². The molecule has 2 aliphatic carbocycles. The lowest BCUT2D eigenvalue weighted by molar-refractivity contribution is 0.224. The first-order valence-corrected chi connectivity index (χ1v) is 7.85. The van der Waals surface area contributed by atoms with Gasteiger partial charge in [0.1, 0.15) is 0 Å². The van der Waals surface area contributed by atoms with E-state index in [1.165, 1.54) is 38.5 Å². The SMILES string of the molecule is CC.CC1CC=C(C2CCC(C)C(C)C2)CC1. The van der Waals surface area contributed by atoms with E-state index in [0.29, 0.717) is 0 Å². The van der Waals surface area contributed by atoms with Crippen molar-refractivity contribution in [2.75, 3.05) is 0 Å². The van der Waals surface area contributed by atoms with Crippen LogP contribution in [-0.2, 0) is 0 Å². The fourth-order valence-electron chi connectivity index (χ4n) is 3.24. The van der Waals surface area contributed by atoms with Gasteiger partial charge in [-0.05, 0) is 62.2 Å². The fraction of sp³-hybridized carbons (Fsp3) is 0.882. The Morgan fingerprint density at radius 2 is 1.65 bits per heavy atom. The summed E-state index contributed by atoms with van der Waals surface area (Å²) in [5.74, 6) is 3.80. The molecule has 0 spiro atoms. The molecule has 0 amide bonds. The summed E-state index contributed by atoms with van der Waals surface area (Å²) in [6.45, 7) is 11.3. The van der Waals surface area contributed by atoms with Crippen LogP contribution in [0.25, 0.3) is 0 Å². The maximum Gasteiger partial charge on any atom is -0.0201 e. The van der Waals surface area contributed by atoms with Crippen molar-refractivity contribution in [3.8, 4) is 0 Å². The van der Waals surface area contributed by atoms with Crippen molar-refractivity contribution >= 4 is 0 Å². The predicted molar refractivity (Wildman–Crippen MR) is 78.1 cm³/mol. The maximum atomic E-state index is 2.57. The van der Waals surface area contributed by atoms with Crippen molar-refractivity contribution in [3.63, 3.8) is 0 Å². The van der Waals surface area contributed by atoms with E-state index < -0.39 is 0 Å². The highest BCUT2D eigenvalue weighted by Gasteiger charge is 2.27. The molecule has 0 aliphatic heterocycles. The molecule has 2 rings (SSSR count). The largest absolute Gasteiger partial charge is 0.0848 e. The Kier molecular flexibility index (Phi) is 6.30. The summed E-state index contributed by atoms with van der Waals surface area (Å²) in [4.78, 5) is 0. The summed E-state index contributed by atoms with van der Waals surface area (Å²) >= 11 is 0. The van der Waals surface area contributed by atoms with Crippen LogP contribution in [0.15, 0.2) is 11.6 Å². The summed E-state index contributed by atoms with van der Waals surface area (Å²) in [5.41, 5.74) is 1.81. The second kappa shape index (κ2) is 7.24. The van der Waals surface area contributed by atoms with Gasteiger partial charge in [-0.1, -0.05) is 46.3 Å². The molecule has 0 aromatic rings. The third-order valence-corrected chi connectivity index (χ3v) is 4.83. The zero-order valence-corrected chi connectivity index (χ0v) is 12.6. The minimum atomic E-state index is 0.939. The van der Waals surface area contributed by atoms with Crippen LogP contribution < -0.4 is 0 Å². The van der Waals surface area contributed by atoms with Crippen molar-refractivity contribution in [1.82, 2.24) is 0 Å². The van der Waals surface area contributed by atoms with E-state index in [1.807, 2.05) is 19.4 Å². The van der Waals surface area contributed by atoms with E-state index in [0.717, 1.165) is 23.7 Å². The summed E-state index contributed by atoms with van der Waals surface area (Å²) in [5, 5.41) is 0. The van der Waals surface area contributed by atoms with Gasteiger partial charge in [0, 0.05) is 0 Å². The Morgan fingerprint density at radius 3 is 2.18 bits per heavy atom. The summed E-state index contributed by atoms with van der Waals surface area (Å²) in [7, 11) is 0. The molecule has 100 valence electrons. The van der Waals surface area contributed by atoms with Gasteiger partial charge in [-0.2, -0.15) is 0 Å². The molecule has 0 heterocycles. The average Bonchev–Trinajstić information content (AvgIpc) is 2.36. The Hall–Kier alpha value is -0.260. The van der Waals surface area contributed by atoms with Gasteiger partial charge in [0.05, 0.1) is 0 Å². The van der Waals surface area contributed by atoms with Gasteiger partial charge in [0.2, 0.25) is 0 Å². The molecule has 0 heteroatoms. The van der Waals surface area contributed by atoms with E-state index in [1.54, 1.807) is 0 Å². The molecular formula is C17H32. The maximum absolute atomic E-state index is 2.57.